The van der Waals surface area contributed by atoms with Crippen LogP contribution in [0.25, 0.3) is 109 Å². The molecular formula is C80H52O2. The van der Waals surface area contributed by atoms with Gasteiger partial charge < -0.3 is 9.47 Å². The summed E-state index contributed by atoms with van der Waals surface area (Å²) in [5, 5.41) is 16.6. The van der Waals surface area contributed by atoms with Gasteiger partial charge in [0.15, 0.2) is 0 Å². The predicted molar refractivity (Wildman–Crippen MR) is 338 cm³/mol. The van der Waals surface area contributed by atoms with E-state index in [0.717, 1.165) is 37.6 Å². The van der Waals surface area contributed by atoms with Crippen LogP contribution < -0.4 is 9.47 Å². The zero-order valence-corrected chi connectivity index (χ0v) is 45.0. The minimum atomic E-state index is 0.200. The van der Waals surface area contributed by atoms with Crippen molar-refractivity contribution in [2.75, 3.05) is 13.2 Å². The Kier molecular flexibility index (Phi) is 9.28. The Bertz CT molecular complexity index is 4800. The molecule has 0 spiro atoms. The van der Waals surface area contributed by atoms with Gasteiger partial charge in [-0.25, -0.2) is 0 Å². The average Bonchev–Trinajstić information content (AvgIpc) is 3.66. The lowest BCUT2D eigenvalue weighted by molar-refractivity contribution is 0.279. The minimum absolute atomic E-state index is 0.200. The topological polar surface area (TPSA) is 18.5 Å². The highest BCUT2D eigenvalue weighted by molar-refractivity contribution is 6.33. The van der Waals surface area contributed by atoms with E-state index in [0.29, 0.717) is 11.8 Å². The highest BCUT2D eigenvalue weighted by atomic mass is 16.5. The van der Waals surface area contributed by atoms with Crippen LogP contribution in [0.2, 0.25) is 0 Å². The van der Waals surface area contributed by atoms with E-state index in [4.69, 9.17) is 9.47 Å². The molecule has 384 valence electrons. The molecule has 14 aromatic carbocycles. The maximum absolute atomic E-state index is 6.24. The van der Waals surface area contributed by atoms with Crippen molar-refractivity contribution in [2.24, 2.45) is 0 Å². The second-order valence-corrected chi connectivity index (χ2v) is 23.5. The molecule has 0 saturated heterocycles. The SMILES string of the molecule is c1ccc([C@@H]2c3ccccc3-c3c2c2ccccc2c2c4c(c5ccccc5c32)[C@@H]2CCOc3cccc-4c32)cc1.c1ccc([C@H]2c3ccccc3-c3c2c2ccccc2c2c4c(c5ccccc5c32)[C@@H]2CCOc3cccc-4c32)cc1. The van der Waals surface area contributed by atoms with Gasteiger partial charge in [0.2, 0.25) is 0 Å². The molecular weight excluding hydrogens is 993 g/mol. The van der Waals surface area contributed by atoms with Gasteiger partial charge in [-0.15, -0.1) is 0 Å². The normalized spacial score (nSPS) is 17.8. The summed E-state index contributed by atoms with van der Waals surface area (Å²) in [6.07, 6.45) is 2.04. The van der Waals surface area contributed by atoms with E-state index in [9.17, 15) is 0 Å². The first-order valence-corrected chi connectivity index (χ1v) is 29.5. The highest BCUT2D eigenvalue weighted by Gasteiger charge is 2.43. The van der Waals surface area contributed by atoms with Gasteiger partial charge in [-0.2, -0.15) is 0 Å². The number of hydrogen-bond acceptors (Lipinski definition) is 2. The van der Waals surface area contributed by atoms with E-state index in [1.807, 2.05) is 0 Å². The predicted octanol–water partition coefficient (Wildman–Crippen LogP) is 20.4. The molecule has 0 bridgehead atoms. The Morgan fingerprint density at radius 3 is 0.939 bits per heavy atom. The number of rotatable bonds is 2. The van der Waals surface area contributed by atoms with Gasteiger partial charge in [-0.3, -0.25) is 0 Å². The molecule has 82 heavy (non-hydrogen) atoms. The van der Waals surface area contributed by atoms with Crippen LogP contribution in [0.1, 0.15) is 92.1 Å². The van der Waals surface area contributed by atoms with Gasteiger partial charge in [-0.05, 0) is 179 Å². The monoisotopic (exact) mass is 1040 g/mol. The van der Waals surface area contributed by atoms with Crippen molar-refractivity contribution >= 4 is 64.6 Å². The van der Waals surface area contributed by atoms with Crippen LogP contribution in [-0.2, 0) is 0 Å². The maximum atomic E-state index is 6.24. The lowest BCUT2D eigenvalue weighted by Gasteiger charge is -2.24. The molecule has 2 aliphatic heterocycles. The molecule has 4 aliphatic carbocycles. The summed E-state index contributed by atoms with van der Waals surface area (Å²) < 4.78 is 12.5. The lowest BCUT2D eigenvalue weighted by atomic mass is 9.80. The van der Waals surface area contributed by atoms with E-state index in [1.165, 1.54) is 165 Å². The largest absolute Gasteiger partial charge is 0.493 e. The van der Waals surface area contributed by atoms with Gasteiger partial charge in [0.1, 0.15) is 11.5 Å². The van der Waals surface area contributed by atoms with Crippen molar-refractivity contribution in [1.82, 2.24) is 0 Å². The Labute approximate surface area is 475 Å². The third-order valence-electron chi connectivity index (χ3n) is 19.8. The standard InChI is InChI=1S/2C40H26O/c2*1-2-11-23(12-3-1)33-24-13-4-6-15-26(24)37-36(33)28-17-8-9-18-29(28)39-38(37)27-16-7-5-14-25(27)35-31-21-22-41-32-20-10-19-30(34(31)32)40(35)39/h2*1-20,31,33H,21-22H2/t31-,33+;31-,33-/m11/s1. The first kappa shape index (κ1) is 45.0. The molecule has 0 radical (unpaired) electrons. The molecule has 2 nitrogen and oxygen atoms in total. The van der Waals surface area contributed by atoms with Crippen LogP contribution in [-0.4, -0.2) is 13.2 Å². The van der Waals surface area contributed by atoms with E-state index >= 15 is 0 Å². The summed E-state index contributed by atoms with van der Waals surface area (Å²) in [6.45, 7) is 1.54. The third-order valence-corrected chi connectivity index (χ3v) is 19.8. The number of hydrogen-bond donors (Lipinski definition) is 0. The summed E-state index contributed by atoms with van der Waals surface area (Å²) in [5.41, 5.74) is 25.3. The van der Waals surface area contributed by atoms with Crippen molar-refractivity contribution in [3.05, 3.63) is 298 Å². The summed E-state index contributed by atoms with van der Waals surface area (Å²) in [7, 11) is 0. The third kappa shape index (κ3) is 5.83. The number of fused-ring (bicyclic) bond motifs is 30. The minimum Gasteiger partial charge on any atom is -0.493 e. The van der Waals surface area contributed by atoms with Crippen LogP contribution in [0.4, 0.5) is 0 Å². The quantitative estimate of drug-likeness (QED) is 0.161. The Morgan fingerprint density at radius 1 is 0.244 bits per heavy atom. The fraction of sp³-hybridized carbons (Fsp3) is 0.100. The fourth-order valence-electron chi connectivity index (χ4n) is 17.0. The second-order valence-electron chi connectivity index (χ2n) is 23.5. The van der Waals surface area contributed by atoms with Crippen LogP contribution in [0.15, 0.2) is 243 Å². The molecule has 20 rings (SSSR count). The second kappa shape index (κ2) is 16.9. The van der Waals surface area contributed by atoms with Gasteiger partial charge in [0.25, 0.3) is 0 Å². The Morgan fingerprint density at radius 2 is 0.549 bits per heavy atom. The Hall–Kier alpha value is -9.76. The van der Waals surface area contributed by atoms with Crippen LogP contribution >= 0.6 is 0 Å². The summed E-state index contributed by atoms with van der Waals surface area (Å²) >= 11 is 0. The molecule has 0 N–H and O–H groups in total. The highest BCUT2D eigenvalue weighted by Crippen LogP contribution is 2.64. The van der Waals surface area contributed by atoms with Crippen molar-refractivity contribution in [3.63, 3.8) is 0 Å². The molecule has 0 amide bonds. The van der Waals surface area contributed by atoms with E-state index in [-0.39, 0.29) is 11.8 Å². The fourth-order valence-corrected chi connectivity index (χ4v) is 17.0. The van der Waals surface area contributed by atoms with Crippen LogP contribution in [0, 0.1) is 0 Å². The first-order valence-electron chi connectivity index (χ1n) is 29.5. The zero-order chi connectivity index (χ0) is 53.3. The van der Waals surface area contributed by atoms with Crippen molar-refractivity contribution in [3.8, 4) is 56.0 Å². The number of benzene rings is 14. The lowest BCUT2D eigenvalue weighted by Crippen LogP contribution is -2.12. The smallest absolute Gasteiger partial charge is 0.123 e. The molecule has 0 saturated carbocycles. The Balaban J connectivity index is 0.000000122. The molecule has 6 aliphatic rings. The molecule has 14 aromatic rings. The van der Waals surface area contributed by atoms with Crippen LogP contribution in [0.5, 0.6) is 11.5 Å². The number of ether oxygens (including phenoxy) is 2. The summed E-state index contributed by atoms with van der Waals surface area (Å²) in [5.74, 6) is 3.27. The zero-order valence-electron chi connectivity index (χ0n) is 45.0. The van der Waals surface area contributed by atoms with E-state index in [2.05, 4.69) is 243 Å². The summed E-state index contributed by atoms with van der Waals surface area (Å²) in [6, 6.07) is 90.5. The maximum Gasteiger partial charge on any atom is 0.123 e. The molecule has 0 fully saturated rings. The van der Waals surface area contributed by atoms with Crippen molar-refractivity contribution in [2.45, 2.75) is 36.5 Å². The molecule has 0 aromatic heterocycles. The van der Waals surface area contributed by atoms with Gasteiger partial charge in [0, 0.05) is 34.8 Å². The molecule has 0 unspecified atom stereocenters. The van der Waals surface area contributed by atoms with E-state index in [1.54, 1.807) is 0 Å². The van der Waals surface area contributed by atoms with Crippen molar-refractivity contribution in [1.29, 1.82) is 0 Å². The van der Waals surface area contributed by atoms with Gasteiger partial charge >= 0.3 is 0 Å². The molecule has 2 heterocycles. The van der Waals surface area contributed by atoms with E-state index < -0.39 is 0 Å². The van der Waals surface area contributed by atoms with Crippen LogP contribution in [0.3, 0.4) is 0 Å². The average molecular weight is 1050 g/mol. The van der Waals surface area contributed by atoms with Crippen molar-refractivity contribution < 1.29 is 9.47 Å². The van der Waals surface area contributed by atoms with Gasteiger partial charge in [-0.1, -0.05) is 231 Å². The molecule has 4 atom stereocenters. The summed E-state index contributed by atoms with van der Waals surface area (Å²) in [4.78, 5) is 0. The van der Waals surface area contributed by atoms with Gasteiger partial charge in [0.05, 0.1) is 13.2 Å². The first-order chi connectivity index (χ1) is 40.8. The molecule has 2 heteroatoms.